The van der Waals surface area contributed by atoms with E-state index < -0.39 is 11.8 Å². The molecule has 1 aliphatic heterocycles. The zero-order valence-electron chi connectivity index (χ0n) is 15.9. The van der Waals surface area contributed by atoms with Gasteiger partial charge < -0.3 is 19.3 Å². The normalized spacial score (nSPS) is 15.3. The number of hydrogen-bond donors (Lipinski definition) is 2. The molecule has 0 bridgehead atoms. The van der Waals surface area contributed by atoms with Gasteiger partial charge in [-0.3, -0.25) is 19.8 Å². The summed E-state index contributed by atoms with van der Waals surface area (Å²) < 4.78 is 15.4. The molecule has 29 heavy (non-hydrogen) atoms. The Morgan fingerprint density at radius 1 is 1.03 bits per heavy atom. The average molecular weight is 414 g/mol. The molecule has 0 saturated carbocycles. The van der Waals surface area contributed by atoms with Crippen molar-refractivity contribution in [2.75, 3.05) is 26.2 Å². The van der Waals surface area contributed by atoms with E-state index >= 15 is 0 Å². The Labute approximate surface area is 172 Å². The number of anilines is 1. The highest BCUT2D eigenvalue weighted by Crippen LogP contribution is 2.38. The maximum Gasteiger partial charge on any atom is 0.270 e. The van der Waals surface area contributed by atoms with Crippen LogP contribution in [-0.4, -0.2) is 43.4 Å². The summed E-state index contributed by atoms with van der Waals surface area (Å²) in [6, 6.07) is 9.70. The van der Waals surface area contributed by atoms with E-state index in [0.29, 0.717) is 17.0 Å². The molecule has 0 atom stereocenters. The molecule has 1 saturated heterocycles. The van der Waals surface area contributed by atoms with Crippen molar-refractivity contribution < 1.29 is 28.9 Å². The van der Waals surface area contributed by atoms with Gasteiger partial charge in [0.15, 0.2) is 16.6 Å². The molecule has 1 aliphatic rings. The summed E-state index contributed by atoms with van der Waals surface area (Å²) in [4.78, 5) is 26.7. The molecule has 1 fully saturated rings. The summed E-state index contributed by atoms with van der Waals surface area (Å²) >= 11 is 5.19. The van der Waals surface area contributed by atoms with Gasteiger partial charge in [-0.05, 0) is 48.1 Å². The summed E-state index contributed by atoms with van der Waals surface area (Å²) in [7, 11) is 4.27. The number of ether oxygens (including phenoxy) is 3. The lowest BCUT2D eigenvalue weighted by atomic mass is 10.1. The van der Waals surface area contributed by atoms with Gasteiger partial charge in [0, 0.05) is 6.07 Å². The number of benzene rings is 2. The second-order valence-corrected chi connectivity index (χ2v) is 6.32. The van der Waals surface area contributed by atoms with Gasteiger partial charge in [-0.15, -0.1) is 0 Å². The first-order chi connectivity index (χ1) is 13.9. The number of carbonyl (C=O) groups excluding carboxylic acids is 2. The van der Waals surface area contributed by atoms with E-state index in [1.165, 1.54) is 44.4 Å². The van der Waals surface area contributed by atoms with Gasteiger partial charge in [0.05, 0.1) is 27.0 Å². The Balaban J connectivity index is 2.06. The number of nitrogens with zero attached hydrogens (tertiary/aromatic N) is 1. The molecule has 2 amide bonds. The number of phenols is 1. The molecule has 150 valence electrons. The summed E-state index contributed by atoms with van der Waals surface area (Å²) in [5, 5.41) is 12.5. The minimum absolute atomic E-state index is 0.0359. The predicted octanol–water partition coefficient (Wildman–Crippen LogP) is 2.25. The minimum Gasteiger partial charge on any atom is -0.502 e. The van der Waals surface area contributed by atoms with E-state index in [4.69, 9.17) is 26.4 Å². The molecule has 0 aromatic heterocycles. The van der Waals surface area contributed by atoms with Crippen LogP contribution < -0.4 is 24.4 Å². The van der Waals surface area contributed by atoms with Crippen molar-refractivity contribution in [2.45, 2.75) is 0 Å². The Hall–Kier alpha value is -3.59. The SMILES string of the molecule is COc1cccc(N2C(=O)C(=Cc3cc(OC)c(O)c(OC)c3)C(=O)NC2=S)c1. The molecule has 8 nitrogen and oxygen atoms in total. The topological polar surface area (TPSA) is 97.3 Å². The lowest BCUT2D eigenvalue weighted by molar-refractivity contribution is -0.122. The molecule has 1 heterocycles. The highest BCUT2D eigenvalue weighted by molar-refractivity contribution is 7.80. The van der Waals surface area contributed by atoms with Crippen LogP contribution in [0.2, 0.25) is 0 Å². The Morgan fingerprint density at radius 2 is 1.69 bits per heavy atom. The van der Waals surface area contributed by atoms with E-state index in [2.05, 4.69) is 5.32 Å². The number of phenolic OH excluding ortho intramolecular Hbond substituents is 1. The number of thiocarbonyl (C=S) groups is 1. The maximum absolute atomic E-state index is 13.1. The van der Waals surface area contributed by atoms with Crippen LogP contribution in [0.25, 0.3) is 6.08 Å². The third kappa shape index (κ3) is 3.85. The van der Waals surface area contributed by atoms with Gasteiger partial charge in [0.1, 0.15) is 11.3 Å². The first kappa shape index (κ1) is 20.2. The number of carbonyl (C=O) groups is 2. The number of nitrogens with one attached hydrogen (secondary N) is 1. The van der Waals surface area contributed by atoms with Crippen molar-refractivity contribution >= 4 is 40.9 Å². The van der Waals surface area contributed by atoms with Gasteiger partial charge in [0.25, 0.3) is 11.8 Å². The molecule has 2 aromatic rings. The van der Waals surface area contributed by atoms with Crippen LogP contribution in [-0.2, 0) is 9.59 Å². The van der Waals surface area contributed by atoms with Crippen LogP contribution in [0.5, 0.6) is 23.0 Å². The van der Waals surface area contributed by atoms with Crippen LogP contribution in [0.3, 0.4) is 0 Å². The molecule has 0 spiro atoms. The molecule has 2 N–H and O–H groups in total. The van der Waals surface area contributed by atoms with E-state index in [0.717, 1.165) is 0 Å². The minimum atomic E-state index is -0.634. The highest BCUT2D eigenvalue weighted by atomic mass is 32.1. The molecular weight excluding hydrogens is 396 g/mol. The average Bonchev–Trinajstić information content (AvgIpc) is 2.72. The molecule has 0 aliphatic carbocycles. The smallest absolute Gasteiger partial charge is 0.270 e. The fourth-order valence-electron chi connectivity index (χ4n) is 2.81. The highest BCUT2D eigenvalue weighted by Gasteiger charge is 2.34. The van der Waals surface area contributed by atoms with E-state index in [9.17, 15) is 14.7 Å². The van der Waals surface area contributed by atoms with Gasteiger partial charge in [-0.2, -0.15) is 0 Å². The molecule has 0 radical (unpaired) electrons. The van der Waals surface area contributed by atoms with Crippen molar-refractivity contribution in [3.05, 3.63) is 47.5 Å². The standard InChI is InChI=1S/C20H18N2O6S/c1-26-13-6-4-5-12(10-13)22-19(25)14(18(24)21-20(22)29)7-11-8-15(27-2)17(23)16(9-11)28-3/h4-10,23H,1-3H3,(H,21,24,29). The summed E-state index contributed by atoms with van der Waals surface area (Å²) in [5.74, 6) is -0.604. The number of hydrogen-bond acceptors (Lipinski definition) is 7. The van der Waals surface area contributed by atoms with Crippen LogP contribution in [0.15, 0.2) is 42.0 Å². The molecule has 3 rings (SSSR count). The zero-order valence-corrected chi connectivity index (χ0v) is 16.7. The van der Waals surface area contributed by atoms with Gasteiger partial charge >= 0.3 is 0 Å². The fourth-order valence-corrected chi connectivity index (χ4v) is 3.09. The molecule has 9 heteroatoms. The summed E-state index contributed by atoms with van der Waals surface area (Å²) in [6.45, 7) is 0. The van der Waals surface area contributed by atoms with Gasteiger partial charge in [0.2, 0.25) is 5.75 Å². The fraction of sp³-hybridized carbons (Fsp3) is 0.150. The third-order valence-electron chi connectivity index (χ3n) is 4.23. The lowest BCUT2D eigenvalue weighted by Crippen LogP contribution is -2.54. The second kappa shape index (κ2) is 8.19. The number of methoxy groups -OCH3 is 3. The van der Waals surface area contributed by atoms with E-state index in [1.807, 2.05) is 0 Å². The third-order valence-corrected chi connectivity index (χ3v) is 4.51. The van der Waals surface area contributed by atoms with Gasteiger partial charge in [-0.1, -0.05) is 6.07 Å². The largest absolute Gasteiger partial charge is 0.502 e. The van der Waals surface area contributed by atoms with E-state index in [1.54, 1.807) is 24.3 Å². The van der Waals surface area contributed by atoms with Crippen LogP contribution in [0, 0.1) is 0 Å². The predicted molar refractivity (Wildman–Crippen MR) is 110 cm³/mol. The number of rotatable bonds is 5. The van der Waals surface area contributed by atoms with Crippen molar-refractivity contribution in [3.8, 4) is 23.0 Å². The molecular formula is C20H18N2O6S. The second-order valence-electron chi connectivity index (χ2n) is 5.93. The van der Waals surface area contributed by atoms with Crippen LogP contribution in [0.4, 0.5) is 5.69 Å². The first-order valence-corrected chi connectivity index (χ1v) is 8.81. The van der Waals surface area contributed by atoms with Crippen LogP contribution in [0.1, 0.15) is 5.56 Å². The Bertz CT molecular complexity index is 1010. The Kier molecular flexibility index (Phi) is 5.69. The van der Waals surface area contributed by atoms with E-state index in [-0.39, 0.29) is 27.9 Å². The monoisotopic (exact) mass is 414 g/mol. The van der Waals surface area contributed by atoms with Gasteiger partial charge in [-0.25, -0.2) is 0 Å². The van der Waals surface area contributed by atoms with Crippen molar-refractivity contribution in [1.29, 1.82) is 0 Å². The van der Waals surface area contributed by atoms with Crippen molar-refractivity contribution in [2.24, 2.45) is 0 Å². The van der Waals surface area contributed by atoms with Crippen molar-refractivity contribution in [1.82, 2.24) is 5.32 Å². The van der Waals surface area contributed by atoms with Crippen molar-refractivity contribution in [3.63, 3.8) is 0 Å². The Morgan fingerprint density at radius 3 is 2.28 bits per heavy atom. The number of amides is 2. The first-order valence-electron chi connectivity index (χ1n) is 8.40. The zero-order chi connectivity index (χ0) is 21.1. The quantitative estimate of drug-likeness (QED) is 0.440. The molecule has 2 aromatic carbocycles. The maximum atomic E-state index is 13.1. The molecule has 0 unspecified atom stereocenters. The lowest BCUT2D eigenvalue weighted by Gasteiger charge is -2.29. The summed E-state index contributed by atoms with van der Waals surface area (Å²) in [5.41, 5.74) is 0.732. The summed E-state index contributed by atoms with van der Waals surface area (Å²) in [6.07, 6.45) is 1.37. The van der Waals surface area contributed by atoms with Crippen LogP contribution >= 0.6 is 12.2 Å². The number of aromatic hydroxyl groups is 1.